The summed E-state index contributed by atoms with van der Waals surface area (Å²) in [5.41, 5.74) is 0.869. The summed E-state index contributed by atoms with van der Waals surface area (Å²) >= 11 is 0. The second-order valence-corrected chi connectivity index (χ2v) is 3.55. The van der Waals surface area contributed by atoms with Crippen molar-refractivity contribution < 1.29 is 19.1 Å². The molecule has 0 aliphatic carbocycles. The minimum absolute atomic E-state index is 0.222. The molecule has 1 rings (SSSR count). The number of esters is 1. The van der Waals surface area contributed by atoms with Gasteiger partial charge >= 0.3 is 5.97 Å². The van der Waals surface area contributed by atoms with Crippen molar-refractivity contribution in [3.63, 3.8) is 0 Å². The van der Waals surface area contributed by atoms with Gasteiger partial charge in [-0.25, -0.2) is 0 Å². The fourth-order valence-corrected chi connectivity index (χ4v) is 1.32. The molecule has 0 saturated heterocycles. The molecule has 4 nitrogen and oxygen atoms in total. The van der Waals surface area contributed by atoms with Gasteiger partial charge in [0.15, 0.2) is 5.78 Å². The lowest BCUT2D eigenvalue weighted by Gasteiger charge is -1.99. The van der Waals surface area contributed by atoms with Crippen LogP contribution in [0.5, 0.6) is 5.75 Å². The van der Waals surface area contributed by atoms with E-state index in [2.05, 4.69) is 4.74 Å². The van der Waals surface area contributed by atoms with E-state index in [-0.39, 0.29) is 18.8 Å². The van der Waals surface area contributed by atoms with Gasteiger partial charge in [0.2, 0.25) is 0 Å². The van der Waals surface area contributed by atoms with Crippen molar-refractivity contribution in [2.45, 2.75) is 13.3 Å². The van der Waals surface area contributed by atoms with E-state index in [0.717, 1.165) is 11.3 Å². The molecule has 4 heteroatoms. The van der Waals surface area contributed by atoms with Crippen LogP contribution >= 0.6 is 0 Å². The van der Waals surface area contributed by atoms with Crippen LogP contribution in [-0.4, -0.2) is 25.5 Å². The van der Waals surface area contributed by atoms with E-state index in [1.807, 2.05) is 12.1 Å². The molecule has 0 saturated carbocycles. The Kier molecular flexibility index (Phi) is 5.64. The van der Waals surface area contributed by atoms with Crippen LogP contribution in [0, 0.1) is 0 Å². The van der Waals surface area contributed by atoms with Gasteiger partial charge in [0.1, 0.15) is 12.2 Å². The maximum atomic E-state index is 11.4. The minimum atomic E-state index is -0.498. The smallest absolute Gasteiger partial charge is 0.313 e. The predicted octanol–water partition coefficient (Wildman–Crippen LogP) is 2.23. The summed E-state index contributed by atoms with van der Waals surface area (Å²) in [6, 6.07) is 7.25. The molecule has 0 unspecified atom stereocenters. The Bertz CT molecular complexity index is 432. The Morgan fingerprint density at radius 2 is 1.89 bits per heavy atom. The lowest BCUT2D eigenvalue weighted by molar-refractivity contribution is -0.144. The molecule has 0 N–H and O–H groups in total. The average molecular weight is 248 g/mol. The Labute approximate surface area is 106 Å². The fourth-order valence-electron chi connectivity index (χ4n) is 1.32. The van der Waals surface area contributed by atoms with E-state index in [9.17, 15) is 9.59 Å². The third-order valence-electron chi connectivity index (χ3n) is 2.20. The van der Waals surface area contributed by atoms with Crippen molar-refractivity contribution in [3.8, 4) is 5.75 Å². The van der Waals surface area contributed by atoms with Gasteiger partial charge in [-0.3, -0.25) is 9.59 Å². The van der Waals surface area contributed by atoms with Crippen LogP contribution in [0.1, 0.15) is 18.9 Å². The Morgan fingerprint density at radius 3 is 2.44 bits per heavy atom. The summed E-state index contributed by atoms with van der Waals surface area (Å²) in [5, 5.41) is 0. The molecule has 1 aromatic carbocycles. The van der Waals surface area contributed by atoms with E-state index in [1.165, 1.54) is 6.08 Å². The van der Waals surface area contributed by atoms with Gasteiger partial charge < -0.3 is 9.47 Å². The molecular formula is C14H16O4. The molecule has 96 valence electrons. The van der Waals surface area contributed by atoms with E-state index >= 15 is 0 Å². The summed E-state index contributed by atoms with van der Waals surface area (Å²) < 4.78 is 9.71. The number of carbonyl (C=O) groups is 2. The van der Waals surface area contributed by atoms with Crippen LogP contribution in [-0.2, 0) is 14.3 Å². The number of ketones is 1. The number of allylic oxidation sites excluding steroid dienone is 1. The number of hydrogen-bond acceptors (Lipinski definition) is 4. The standard InChI is InChI=1S/C14H16O4/c1-3-18-14(16)10-12(15)7-4-11-5-8-13(17-2)9-6-11/h4-9H,3,10H2,1-2H3. The van der Waals surface area contributed by atoms with Gasteiger partial charge in [-0.1, -0.05) is 18.2 Å². The zero-order valence-corrected chi connectivity index (χ0v) is 10.5. The molecule has 0 aromatic heterocycles. The molecule has 0 amide bonds. The van der Waals surface area contributed by atoms with Crippen LogP contribution in [0.25, 0.3) is 6.08 Å². The Morgan fingerprint density at radius 1 is 1.22 bits per heavy atom. The number of hydrogen-bond donors (Lipinski definition) is 0. The van der Waals surface area contributed by atoms with Crippen LogP contribution in [0.15, 0.2) is 30.3 Å². The highest BCUT2D eigenvalue weighted by molar-refractivity contribution is 6.03. The molecule has 0 bridgehead atoms. The number of carbonyl (C=O) groups excluding carboxylic acids is 2. The minimum Gasteiger partial charge on any atom is -0.497 e. The topological polar surface area (TPSA) is 52.6 Å². The molecule has 0 aliphatic heterocycles. The highest BCUT2D eigenvalue weighted by Gasteiger charge is 2.06. The summed E-state index contributed by atoms with van der Waals surface area (Å²) in [5.74, 6) is -0.0175. The SMILES string of the molecule is CCOC(=O)CC(=O)C=Cc1ccc(OC)cc1. The van der Waals surface area contributed by atoms with Crippen molar-refractivity contribution in [1.29, 1.82) is 0 Å². The molecule has 0 fully saturated rings. The van der Waals surface area contributed by atoms with E-state index in [1.54, 1.807) is 32.2 Å². The van der Waals surface area contributed by atoms with Gasteiger partial charge in [-0.15, -0.1) is 0 Å². The van der Waals surface area contributed by atoms with Crippen LogP contribution in [0.2, 0.25) is 0 Å². The summed E-state index contributed by atoms with van der Waals surface area (Å²) in [4.78, 5) is 22.5. The highest BCUT2D eigenvalue weighted by atomic mass is 16.5. The first-order chi connectivity index (χ1) is 8.65. The Balaban J connectivity index is 2.52. The van der Waals surface area contributed by atoms with Crippen LogP contribution in [0.4, 0.5) is 0 Å². The van der Waals surface area contributed by atoms with Gasteiger partial charge in [-0.2, -0.15) is 0 Å². The third-order valence-corrected chi connectivity index (χ3v) is 2.20. The molecule has 0 atom stereocenters. The van der Waals surface area contributed by atoms with Crippen molar-refractivity contribution in [2.24, 2.45) is 0 Å². The predicted molar refractivity (Wildman–Crippen MR) is 68.3 cm³/mol. The third kappa shape index (κ3) is 4.82. The van der Waals surface area contributed by atoms with Gasteiger partial charge in [0.25, 0.3) is 0 Å². The first kappa shape index (κ1) is 14.0. The number of rotatable bonds is 6. The van der Waals surface area contributed by atoms with E-state index in [4.69, 9.17) is 4.74 Å². The van der Waals surface area contributed by atoms with E-state index in [0.29, 0.717) is 0 Å². The lowest BCUT2D eigenvalue weighted by atomic mass is 10.1. The van der Waals surface area contributed by atoms with Crippen molar-refractivity contribution in [1.82, 2.24) is 0 Å². The molecular weight excluding hydrogens is 232 g/mol. The largest absolute Gasteiger partial charge is 0.497 e. The average Bonchev–Trinajstić information content (AvgIpc) is 2.37. The molecule has 0 heterocycles. The quantitative estimate of drug-likeness (QED) is 0.440. The summed E-state index contributed by atoms with van der Waals surface area (Å²) in [6.07, 6.45) is 2.81. The summed E-state index contributed by atoms with van der Waals surface area (Å²) in [7, 11) is 1.59. The lowest BCUT2D eigenvalue weighted by Crippen LogP contribution is -2.08. The monoisotopic (exact) mass is 248 g/mol. The second kappa shape index (κ2) is 7.27. The first-order valence-corrected chi connectivity index (χ1v) is 5.66. The van der Waals surface area contributed by atoms with Gasteiger partial charge in [-0.05, 0) is 30.7 Å². The molecule has 0 radical (unpaired) electrons. The van der Waals surface area contributed by atoms with Crippen molar-refractivity contribution in [3.05, 3.63) is 35.9 Å². The normalized spacial score (nSPS) is 10.3. The van der Waals surface area contributed by atoms with Crippen molar-refractivity contribution in [2.75, 3.05) is 13.7 Å². The van der Waals surface area contributed by atoms with Crippen LogP contribution in [0.3, 0.4) is 0 Å². The zero-order valence-electron chi connectivity index (χ0n) is 10.5. The molecule has 0 aliphatic rings. The molecule has 0 spiro atoms. The maximum Gasteiger partial charge on any atom is 0.313 e. The number of ether oxygens (including phenoxy) is 2. The molecule has 1 aromatic rings. The highest BCUT2D eigenvalue weighted by Crippen LogP contribution is 2.12. The fraction of sp³-hybridized carbons (Fsp3) is 0.286. The first-order valence-electron chi connectivity index (χ1n) is 5.66. The number of benzene rings is 1. The van der Waals surface area contributed by atoms with Crippen LogP contribution < -0.4 is 4.74 Å². The number of methoxy groups -OCH3 is 1. The Hall–Kier alpha value is -2.10. The van der Waals surface area contributed by atoms with Gasteiger partial charge in [0.05, 0.1) is 13.7 Å². The maximum absolute atomic E-state index is 11.4. The zero-order chi connectivity index (χ0) is 13.4. The molecule has 18 heavy (non-hydrogen) atoms. The van der Waals surface area contributed by atoms with Crippen molar-refractivity contribution >= 4 is 17.8 Å². The second-order valence-electron chi connectivity index (χ2n) is 3.55. The van der Waals surface area contributed by atoms with E-state index < -0.39 is 5.97 Å². The summed E-state index contributed by atoms with van der Waals surface area (Å²) in [6.45, 7) is 1.99. The van der Waals surface area contributed by atoms with Gasteiger partial charge in [0, 0.05) is 0 Å².